The number of nitrogens with one attached hydrogen (secondary N) is 1. The maximum absolute atomic E-state index is 9.66. The van der Waals surface area contributed by atoms with Crippen molar-refractivity contribution >= 4 is 29.9 Å². The number of pyridine rings is 1. The molecule has 3 rings (SSSR count). The molecule has 1 aromatic heterocycles. The van der Waals surface area contributed by atoms with E-state index >= 15 is 0 Å². The van der Waals surface area contributed by atoms with Crippen molar-refractivity contribution in [3.63, 3.8) is 0 Å². The molecule has 0 saturated heterocycles. The third-order valence-electron chi connectivity index (χ3n) is 3.87. The molecule has 0 saturated carbocycles. The zero-order chi connectivity index (χ0) is 17.1. The largest absolute Gasteiger partial charge is 0.491 e. The fraction of sp³-hybridized carbons (Fsp3) is 0.250. The Hall–Kier alpha value is -2.60. The lowest BCUT2D eigenvalue weighted by Crippen LogP contribution is -2.27. The van der Waals surface area contributed by atoms with Gasteiger partial charge in [-0.15, -0.1) is 0 Å². The van der Waals surface area contributed by atoms with Crippen LogP contribution in [0.2, 0.25) is 0 Å². The molecule has 7 nitrogen and oxygen atoms in total. The van der Waals surface area contributed by atoms with Gasteiger partial charge in [0.2, 0.25) is 0 Å². The number of aliphatic hydroxyl groups is 1. The van der Waals surface area contributed by atoms with Crippen LogP contribution in [0.5, 0.6) is 0 Å². The average molecular weight is 324 g/mol. The highest BCUT2D eigenvalue weighted by Gasteiger charge is 2.27. The Balaban J connectivity index is 1.85. The van der Waals surface area contributed by atoms with Gasteiger partial charge in [0.05, 0.1) is 18.8 Å². The molecule has 0 unspecified atom stereocenters. The fourth-order valence-electron chi connectivity index (χ4n) is 2.61. The van der Waals surface area contributed by atoms with Gasteiger partial charge >= 0.3 is 7.12 Å². The van der Waals surface area contributed by atoms with Crippen LogP contribution in [0, 0.1) is 11.3 Å². The Morgan fingerprint density at radius 1 is 1.42 bits per heavy atom. The third-order valence-corrected chi connectivity index (χ3v) is 3.87. The van der Waals surface area contributed by atoms with E-state index in [1.165, 1.54) is 0 Å². The van der Waals surface area contributed by atoms with Crippen LogP contribution in [-0.2, 0) is 11.3 Å². The number of aliphatic hydroxyl groups excluding tert-OH is 1. The summed E-state index contributed by atoms with van der Waals surface area (Å²) in [6, 6.07) is 11.1. The van der Waals surface area contributed by atoms with Crippen molar-refractivity contribution in [3.05, 3.63) is 41.5 Å². The van der Waals surface area contributed by atoms with Crippen LogP contribution in [0.15, 0.2) is 30.3 Å². The van der Waals surface area contributed by atoms with Gasteiger partial charge in [-0.25, -0.2) is 4.98 Å². The number of aromatic nitrogens is 1. The minimum atomic E-state index is -0.860. The topological polar surface area (TPSA) is 102 Å². The quantitative estimate of drug-likeness (QED) is 0.682. The molecule has 1 aliphatic rings. The first-order valence-corrected chi connectivity index (χ1v) is 7.55. The molecule has 2 heterocycles. The van der Waals surface area contributed by atoms with E-state index < -0.39 is 7.12 Å². The van der Waals surface area contributed by atoms with E-state index in [1.807, 2.05) is 18.2 Å². The number of anilines is 3. The van der Waals surface area contributed by atoms with Gasteiger partial charge in [0.25, 0.3) is 0 Å². The van der Waals surface area contributed by atoms with E-state index in [-0.39, 0.29) is 6.61 Å². The SMILES string of the molecule is CN(CCO)c1nc(Nc2ccc3c(c2)COB3O)ccc1C#N. The molecule has 122 valence electrons. The second-order valence-corrected chi connectivity index (χ2v) is 5.53. The number of fused-ring (bicyclic) bond motifs is 1. The van der Waals surface area contributed by atoms with Crippen LogP contribution in [0.4, 0.5) is 17.3 Å². The lowest BCUT2D eigenvalue weighted by Gasteiger charge is -2.19. The van der Waals surface area contributed by atoms with Gasteiger partial charge in [0, 0.05) is 19.3 Å². The molecule has 0 fully saturated rings. The Morgan fingerprint density at radius 3 is 3.00 bits per heavy atom. The van der Waals surface area contributed by atoms with Crippen molar-refractivity contribution in [3.8, 4) is 6.07 Å². The molecular formula is C16H17BN4O3. The first kappa shape index (κ1) is 16.3. The van der Waals surface area contributed by atoms with Crippen molar-refractivity contribution in [2.45, 2.75) is 6.61 Å². The number of nitriles is 1. The summed E-state index contributed by atoms with van der Waals surface area (Å²) in [7, 11) is 0.915. The molecule has 0 amide bonds. The summed E-state index contributed by atoms with van der Waals surface area (Å²) < 4.78 is 5.18. The smallest absolute Gasteiger partial charge is 0.423 e. The van der Waals surface area contributed by atoms with Gasteiger partial charge < -0.3 is 25.0 Å². The number of hydrogen-bond acceptors (Lipinski definition) is 7. The van der Waals surface area contributed by atoms with E-state index in [0.29, 0.717) is 30.4 Å². The van der Waals surface area contributed by atoms with Crippen LogP contribution in [0.3, 0.4) is 0 Å². The third kappa shape index (κ3) is 3.19. The molecular weight excluding hydrogens is 307 g/mol. The Labute approximate surface area is 140 Å². The van der Waals surface area contributed by atoms with Gasteiger partial charge in [-0.2, -0.15) is 5.26 Å². The van der Waals surface area contributed by atoms with Gasteiger partial charge in [-0.1, -0.05) is 6.07 Å². The summed E-state index contributed by atoms with van der Waals surface area (Å²) >= 11 is 0. The fourth-order valence-corrected chi connectivity index (χ4v) is 2.61. The highest BCUT2D eigenvalue weighted by Crippen LogP contribution is 2.23. The molecule has 0 bridgehead atoms. The summed E-state index contributed by atoms with van der Waals surface area (Å²) in [4.78, 5) is 6.20. The second kappa shape index (κ2) is 6.89. The minimum Gasteiger partial charge on any atom is -0.423 e. The lowest BCUT2D eigenvalue weighted by atomic mass is 9.79. The normalized spacial score (nSPS) is 12.7. The number of nitrogens with zero attached hydrogens (tertiary/aromatic N) is 3. The highest BCUT2D eigenvalue weighted by atomic mass is 16.5. The van der Waals surface area contributed by atoms with Crippen LogP contribution in [0.25, 0.3) is 0 Å². The molecule has 2 aromatic rings. The van der Waals surface area contributed by atoms with E-state index in [9.17, 15) is 10.3 Å². The first-order valence-electron chi connectivity index (χ1n) is 7.55. The number of hydrogen-bond donors (Lipinski definition) is 3. The molecule has 8 heteroatoms. The van der Waals surface area contributed by atoms with Gasteiger partial charge in [0.15, 0.2) is 0 Å². The summed E-state index contributed by atoms with van der Waals surface area (Å²) in [6.07, 6.45) is 0. The van der Waals surface area contributed by atoms with E-state index in [1.54, 1.807) is 24.1 Å². The number of benzene rings is 1. The molecule has 0 spiro atoms. The van der Waals surface area contributed by atoms with Gasteiger partial charge in [0.1, 0.15) is 17.7 Å². The Morgan fingerprint density at radius 2 is 2.25 bits per heavy atom. The van der Waals surface area contributed by atoms with E-state index in [4.69, 9.17) is 9.76 Å². The van der Waals surface area contributed by atoms with Crippen LogP contribution >= 0.6 is 0 Å². The molecule has 3 N–H and O–H groups in total. The molecule has 24 heavy (non-hydrogen) atoms. The average Bonchev–Trinajstić information content (AvgIpc) is 2.95. The minimum absolute atomic E-state index is 0.0200. The molecule has 0 radical (unpaired) electrons. The predicted octanol–water partition coefficient (Wildman–Crippen LogP) is 0.343. The van der Waals surface area contributed by atoms with Crippen molar-refractivity contribution in [1.82, 2.24) is 4.98 Å². The zero-order valence-electron chi connectivity index (χ0n) is 13.2. The molecule has 0 atom stereocenters. The summed E-state index contributed by atoms with van der Waals surface area (Å²) in [6.45, 7) is 0.740. The lowest BCUT2D eigenvalue weighted by molar-refractivity contribution is 0.275. The van der Waals surface area contributed by atoms with Crippen LogP contribution < -0.4 is 15.7 Å². The van der Waals surface area contributed by atoms with Crippen LogP contribution in [-0.4, -0.2) is 42.4 Å². The van der Waals surface area contributed by atoms with Crippen LogP contribution in [0.1, 0.15) is 11.1 Å². The van der Waals surface area contributed by atoms with Gasteiger partial charge in [-0.05, 0) is 35.3 Å². The molecule has 1 aliphatic heterocycles. The number of likely N-dealkylation sites (N-methyl/N-ethyl adjacent to an activating group) is 1. The van der Waals surface area contributed by atoms with E-state index in [2.05, 4.69) is 16.4 Å². The number of rotatable bonds is 5. The van der Waals surface area contributed by atoms with Gasteiger partial charge in [-0.3, -0.25) is 0 Å². The summed E-state index contributed by atoms with van der Waals surface area (Å²) in [5, 5.41) is 31.1. The zero-order valence-corrected chi connectivity index (χ0v) is 13.2. The maximum atomic E-state index is 9.66. The monoisotopic (exact) mass is 324 g/mol. The molecule has 0 aliphatic carbocycles. The van der Waals surface area contributed by atoms with Crippen molar-refractivity contribution < 1.29 is 14.8 Å². The second-order valence-electron chi connectivity index (χ2n) is 5.53. The predicted molar refractivity (Wildman–Crippen MR) is 91.4 cm³/mol. The van der Waals surface area contributed by atoms with Crippen molar-refractivity contribution in [1.29, 1.82) is 5.26 Å². The maximum Gasteiger partial charge on any atom is 0.491 e. The van der Waals surface area contributed by atoms with E-state index in [0.717, 1.165) is 16.7 Å². The van der Waals surface area contributed by atoms with Crippen molar-refractivity contribution in [2.75, 3.05) is 30.4 Å². The Bertz CT molecular complexity index is 793. The standard InChI is InChI=1S/C16H17BN4O3/c1-21(6-7-22)16-11(9-18)2-5-15(20-16)19-13-3-4-14-12(8-13)10-24-17(14)23/h2-5,8,22-23H,6-7,10H2,1H3,(H,19,20). The summed E-state index contributed by atoms with van der Waals surface area (Å²) in [5.74, 6) is 1.10. The summed E-state index contributed by atoms with van der Waals surface area (Å²) in [5.41, 5.74) is 2.97. The van der Waals surface area contributed by atoms with Crippen molar-refractivity contribution in [2.24, 2.45) is 0 Å². The highest BCUT2D eigenvalue weighted by molar-refractivity contribution is 6.61. The molecule has 1 aromatic carbocycles. The first-order chi connectivity index (χ1) is 11.6. The Kier molecular flexibility index (Phi) is 4.67.